The van der Waals surface area contributed by atoms with Crippen molar-refractivity contribution in [2.45, 2.75) is 58.2 Å². The zero-order valence-electron chi connectivity index (χ0n) is 15.3. The number of rotatable bonds is 7. The van der Waals surface area contributed by atoms with Crippen molar-refractivity contribution in [1.29, 1.82) is 0 Å². The Labute approximate surface area is 148 Å². The Hall–Kier alpha value is -2.15. The Morgan fingerprint density at radius 1 is 1.28 bits per heavy atom. The normalized spacial score (nSPS) is 16.8. The monoisotopic (exact) mass is 349 g/mol. The van der Waals surface area contributed by atoms with Crippen molar-refractivity contribution in [2.24, 2.45) is 5.92 Å². The number of carbonyl (C=O) groups excluding carboxylic acids is 1. The minimum atomic E-state index is -0.544. The van der Waals surface area contributed by atoms with Crippen LogP contribution in [-0.2, 0) is 11.3 Å². The largest absolute Gasteiger partial charge is 0.444 e. The highest BCUT2D eigenvalue weighted by Gasteiger charge is 2.41. The molecule has 0 aliphatic heterocycles. The number of hydrogen-bond acceptors (Lipinski definition) is 5. The average Bonchev–Trinajstić information content (AvgIpc) is 3.35. The van der Waals surface area contributed by atoms with Gasteiger partial charge in [-0.2, -0.15) is 0 Å². The highest BCUT2D eigenvalue weighted by Crippen LogP contribution is 2.39. The molecule has 7 heteroatoms. The molecule has 1 aliphatic carbocycles. The van der Waals surface area contributed by atoms with Crippen LogP contribution in [0, 0.1) is 16.0 Å². The maximum atomic E-state index is 11.9. The first-order valence-electron chi connectivity index (χ1n) is 8.55. The van der Waals surface area contributed by atoms with Gasteiger partial charge in [0.15, 0.2) is 0 Å². The van der Waals surface area contributed by atoms with E-state index in [9.17, 15) is 14.9 Å². The van der Waals surface area contributed by atoms with E-state index in [1.54, 1.807) is 18.2 Å². The number of carbonyl (C=O) groups is 1. The molecule has 0 heterocycles. The van der Waals surface area contributed by atoms with Crippen molar-refractivity contribution in [3.63, 3.8) is 0 Å². The van der Waals surface area contributed by atoms with E-state index in [0.717, 1.165) is 12.8 Å². The van der Waals surface area contributed by atoms with Gasteiger partial charge in [-0.15, -0.1) is 0 Å². The third kappa shape index (κ3) is 5.70. The molecule has 0 saturated heterocycles. The van der Waals surface area contributed by atoms with E-state index < -0.39 is 11.7 Å². The third-order valence-corrected chi connectivity index (χ3v) is 4.35. The number of alkyl carbamates (subject to hydrolysis) is 1. The van der Waals surface area contributed by atoms with Crippen molar-refractivity contribution in [3.8, 4) is 0 Å². The molecule has 1 unspecified atom stereocenters. The summed E-state index contributed by atoms with van der Waals surface area (Å²) in [6, 6.07) is 6.70. The summed E-state index contributed by atoms with van der Waals surface area (Å²) in [7, 11) is 0. The Morgan fingerprint density at radius 3 is 2.48 bits per heavy atom. The maximum absolute atomic E-state index is 11.9. The summed E-state index contributed by atoms with van der Waals surface area (Å²) in [5, 5.41) is 17.4. The fourth-order valence-electron chi connectivity index (χ4n) is 2.78. The lowest BCUT2D eigenvalue weighted by molar-refractivity contribution is -0.385. The maximum Gasteiger partial charge on any atom is 0.407 e. The van der Waals surface area contributed by atoms with Crippen molar-refractivity contribution in [3.05, 3.63) is 39.9 Å². The van der Waals surface area contributed by atoms with Crippen LogP contribution in [0.15, 0.2) is 24.3 Å². The SMILES string of the molecule is CC(C)(C)OC(=O)NCC(C)(NCc1ccccc1[N+](=O)[O-])C1CC1. The molecule has 1 amide bonds. The van der Waals surface area contributed by atoms with Crippen LogP contribution >= 0.6 is 0 Å². The van der Waals surface area contributed by atoms with Crippen LogP contribution in [-0.4, -0.2) is 28.7 Å². The van der Waals surface area contributed by atoms with E-state index >= 15 is 0 Å². The summed E-state index contributed by atoms with van der Waals surface area (Å²) >= 11 is 0. The van der Waals surface area contributed by atoms with E-state index in [4.69, 9.17) is 4.74 Å². The van der Waals surface area contributed by atoms with E-state index in [1.165, 1.54) is 6.07 Å². The van der Waals surface area contributed by atoms with Gasteiger partial charge in [0.05, 0.1) is 4.92 Å². The first-order chi connectivity index (χ1) is 11.6. The molecule has 1 saturated carbocycles. The van der Waals surface area contributed by atoms with Gasteiger partial charge < -0.3 is 15.4 Å². The third-order valence-electron chi connectivity index (χ3n) is 4.35. The Kier molecular flexibility index (Phi) is 5.67. The van der Waals surface area contributed by atoms with Crippen LogP contribution in [0.25, 0.3) is 0 Å². The van der Waals surface area contributed by atoms with E-state index in [0.29, 0.717) is 24.6 Å². The van der Waals surface area contributed by atoms with Crippen molar-refractivity contribution >= 4 is 11.8 Å². The van der Waals surface area contributed by atoms with Crippen molar-refractivity contribution < 1.29 is 14.5 Å². The number of nitro groups is 1. The first kappa shape index (κ1) is 19.2. The van der Waals surface area contributed by atoms with Crippen LogP contribution in [0.3, 0.4) is 0 Å². The lowest BCUT2D eigenvalue weighted by atomic mass is 9.95. The summed E-state index contributed by atoms with van der Waals surface area (Å²) in [5.74, 6) is 0.435. The van der Waals surface area contributed by atoms with Gasteiger partial charge in [0.2, 0.25) is 0 Å². The lowest BCUT2D eigenvalue weighted by Crippen LogP contribution is -2.53. The molecule has 1 aromatic carbocycles. The number of ether oxygens (including phenoxy) is 1. The first-order valence-corrected chi connectivity index (χ1v) is 8.55. The smallest absolute Gasteiger partial charge is 0.407 e. The number of hydrogen-bond donors (Lipinski definition) is 2. The average molecular weight is 349 g/mol. The predicted molar refractivity (Wildman–Crippen MR) is 95.3 cm³/mol. The summed E-state index contributed by atoms with van der Waals surface area (Å²) in [5.41, 5.74) is -0.136. The molecular formula is C18H27N3O4. The molecule has 0 spiro atoms. The van der Waals surface area contributed by atoms with Gasteiger partial charge in [-0.1, -0.05) is 18.2 Å². The Balaban J connectivity index is 1.99. The Bertz CT molecular complexity index is 637. The van der Waals surface area contributed by atoms with Gasteiger partial charge in [0.1, 0.15) is 5.60 Å². The zero-order chi connectivity index (χ0) is 18.7. The van der Waals surface area contributed by atoms with E-state index in [2.05, 4.69) is 10.6 Å². The van der Waals surface area contributed by atoms with Gasteiger partial charge in [-0.3, -0.25) is 10.1 Å². The van der Waals surface area contributed by atoms with Gasteiger partial charge in [0, 0.05) is 30.3 Å². The minimum Gasteiger partial charge on any atom is -0.444 e. The van der Waals surface area contributed by atoms with Crippen LogP contribution in [0.1, 0.15) is 46.1 Å². The molecule has 1 atom stereocenters. The van der Waals surface area contributed by atoms with Gasteiger partial charge in [0.25, 0.3) is 5.69 Å². The quantitative estimate of drug-likeness (QED) is 0.581. The summed E-state index contributed by atoms with van der Waals surface area (Å²) in [6.07, 6.45) is 1.71. The molecular weight excluding hydrogens is 322 g/mol. The van der Waals surface area contributed by atoms with Crippen molar-refractivity contribution in [2.75, 3.05) is 6.54 Å². The summed E-state index contributed by atoms with van der Waals surface area (Å²) in [6.45, 7) is 8.28. The molecule has 1 aliphatic rings. The summed E-state index contributed by atoms with van der Waals surface area (Å²) < 4.78 is 5.28. The molecule has 2 rings (SSSR count). The van der Waals surface area contributed by atoms with Crippen LogP contribution < -0.4 is 10.6 Å². The highest BCUT2D eigenvalue weighted by molar-refractivity contribution is 5.67. The standard InChI is InChI=1S/C18H27N3O4/c1-17(2,3)25-16(22)19-12-18(4,14-9-10-14)20-11-13-7-5-6-8-15(13)21(23)24/h5-8,14,20H,9-12H2,1-4H3,(H,19,22). The number of benzene rings is 1. The highest BCUT2D eigenvalue weighted by atomic mass is 16.6. The van der Waals surface area contributed by atoms with Crippen molar-refractivity contribution in [1.82, 2.24) is 10.6 Å². The van der Waals surface area contributed by atoms with Crippen LogP contribution in [0.5, 0.6) is 0 Å². The molecule has 0 aromatic heterocycles. The minimum absolute atomic E-state index is 0.105. The van der Waals surface area contributed by atoms with Crippen LogP contribution in [0.4, 0.5) is 10.5 Å². The second-order valence-corrected chi connectivity index (χ2v) is 7.79. The lowest BCUT2D eigenvalue weighted by Gasteiger charge is -2.32. The second kappa shape index (κ2) is 7.39. The molecule has 1 aromatic rings. The molecule has 25 heavy (non-hydrogen) atoms. The molecule has 0 radical (unpaired) electrons. The molecule has 0 bridgehead atoms. The molecule has 138 valence electrons. The number of nitrogens with zero attached hydrogens (tertiary/aromatic N) is 1. The van der Waals surface area contributed by atoms with Crippen LogP contribution in [0.2, 0.25) is 0 Å². The van der Waals surface area contributed by atoms with E-state index in [-0.39, 0.29) is 16.1 Å². The second-order valence-electron chi connectivity index (χ2n) is 7.79. The molecule has 7 nitrogen and oxygen atoms in total. The number of amides is 1. The summed E-state index contributed by atoms with van der Waals surface area (Å²) in [4.78, 5) is 22.7. The fraction of sp³-hybridized carbons (Fsp3) is 0.611. The van der Waals surface area contributed by atoms with Gasteiger partial charge >= 0.3 is 6.09 Å². The number of nitrogens with one attached hydrogen (secondary N) is 2. The number of nitro benzene ring substituents is 1. The van der Waals surface area contributed by atoms with Gasteiger partial charge in [-0.05, 0) is 46.5 Å². The Morgan fingerprint density at radius 2 is 1.92 bits per heavy atom. The topological polar surface area (TPSA) is 93.5 Å². The fourth-order valence-corrected chi connectivity index (χ4v) is 2.78. The van der Waals surface area contributed by atoms with E-state index in [1.807, 2.05) is 27.7 Å². The zero-order valence-corrected chi connectivity index (χ0v) is 15.3. The predicted octanol–water partition coefficient (Wildman–Crippen LogP) is 3.38. The van der Waals surface area contributed by atoms with Gasteiger partial charge in [-0.25, -0.2) is 4.79 Å². The number of para-hydroxylation sites is 1. The molecule has 1 fully saturated rings. The molecule has 2 N–H and O–H groups in total.